The van der Waals surface area contributed by atoms with E-state index in [0.29, 0.717) is 5.56 Å². The van der Waals surface area contributed by atoms with Gasteiger partial charge < -0.3 is 9.84 Å². The van der Waals surface area contributed by atoms with Crippen molar-refractivity contribution in [1.82, 2.24) is 0 Å². The third-order valence-electron chi connectivity index (χ3n) is 2.85. The highest BCUT2D eigenvalue weighted by Gasteiger charge is 2.10. The zero-order valence-electron chi connectivity index (χ0n) is 11.2. The molecule has 0 radical (unpaired) electrons. The molecule has 0 aliphatic carbocycles. The van der Waals surface area contributed by atoms with E-state index in [1.165, 1.54) is 7.11 Å². The van der Waals surface area contributed by atoms with E-state index >= 15 is 0 Å². The summed E-state index contributed by atoms with van der Waals surface area (Å²) in [6.07, 6.45) is 0.828. The smallest absolute Gasteiger partial charge is 0.338 e. The van der Waals surface area contributed by atoms with Crippen LogP contribution in [-0.2, 0) is 11.2 Å². The van der Waals surface area contributed by atoms with Gasteiger partial charge in [0.25, 0.3) is 0 Å². The Balaban J connectivity index is 1.99. The average molecular weight is 288 g/mol. The van der Waals surface area contributed by atoms with Crippen molar-refractivity contribution >= 4 is 17.7 Å². The normalized spacial score (nSPS) is 10.2. The Morgan fingerprint density at radius 2 is 2.00 bits per heavy atom. The van der Waals surface area contributed by atoms with Gasteiger partial charge in [-0.15, -0.1) is 11.8 Å². The molecule has 1 N–H and O–H groups in total. The van der Waals surface area contributed by atoms with Crippen LogP contribution in [0.25, 0.3) is 0 Å². The van der Waals surface area contributed by atoms with Gasteiger partial charge in [-0.2, -0.15) is 0 Å². The van der Waals surface area contributed by atoms with E-state index in [4.69, 9.17) is 4.74 Å². The van der Waals surface area contributed by atoms with Crippen LogP contribution >= 0.6 is 11.8 Å². The molecule has 0 amide bonds. The monoisotopic (exact) mass is 288 g/mol. The van der Waals surface area contributed by atoms with Crippen LogP contribution in [0.1, 0.15) is 15.9 Å². The van der Waals surface area contributed by atoms with Crippen LogP contribution in [0.2, 0.25) is 0 Å². The molecule has 104 valence electrons. The van der Waals surface area contributed by atoms with Crippen molar-refractivity contribution in [2.24, 2.45) is 0 Å². The van der Waals surface area contributed by atoms with E-state index in [1.54, 1.807) is 30.0 Å². The molecule has 0 aromatic heterocycles. The molecular formula is C16H16O3S. The summed E-state index contributed by atoms with van der Waals surface area (Å²) in [4.78, 5) is 12.6. The van der Waals surface area contributed by atoms with E-state index in [9.17, 15) is 9.90 Å². The van der Waals surface area contributed by atoms with Crippen LogP contribution in [0.4, 0.5) is 0 Å². The van der Waals surface area contributed by atoms with Crippen LogP contribution in [0.15, 0.2) is 53.4 Å². The Labute approximate surface area is 122 Å². The maximum absolute atomic E-state index is 11.6. The Hall–Kier alpha value is -1.94. The predicted molar refractivity (Wildman–Crippen MR) is 80.3 cm³/mol. The van der Waals surface area contributed by atoms with E-state index < -0.39 is 0 Å². The fourth-order valence-corrected chi connectivity index (χ4v) is 2.90. The topological polar surface area (TPSA) is 46.5 Å². The third kappa shape index (κ3) is 3.78. The molecule has 2 rings (SSSR count). The minimum absolute atomic E-state index is 0.280. The Kier molecular flexibility index (Phi) is 5.07. The van der Waals surface area contributed by atoms with Gasteiger partial charge in [0.15, 0.2) is 0 Å². The lowest BCUT2D eigenvalue weighted by atomic mass is 10.2. The van der Waals surface area contributed by atoms with Gasteiger partial charge in [-0.25, -0.2) is 4.79 Å². The van der Waals surface area contributed by atoms with Gasteiger partial charge >= 0.3 is 5.97 Å². The van der Waals surface area contributed by atoms with Crippen molar-refractivity contribution < 1.29 is 14.6 Å². The van der Waals surface area contributed by atoms with Gasteiger partial charge in [0, 0.05) is 10.6 Å². The average Bonchev–Trinajstić information content (AvgIpc) is 2.47. The van der Waals surface area contributed by atoms with Crippen molar-refractivity contribution in [2.45, 2.75) is 11.3 Å². The van der Waals surface area contributed by atoms with Gasteiger partial charge in [0.2, 0.25) is 0 Å². The van der Waals surface area contributed by atoms with Crippen molar-refractivity contribution in [3.63, 3.8) is 0 Å². The van der Waals surface area contributed by atoms with Gasteiger partial charge in [-0.05, 0) is 36.2 Å². The fraction of sp³-hybridized carbons (Fsp3) is 0.188. The molecule has 20 heavy (non-hydrogen) atoms. The highest BCUT2D eigenvalue weighted by molar-refractivity contribution is 7.99. The number of hydrogen-bond donors (Lipinski definition) is 1. The molecule has 0 heterocycles. The van der Waals surface area contributed by atoms with Crippen LogP contribution in [0, 0.1) is 0 Å². The summed E-state index contributed by atoms with van der Waals surface area (Å²) in [6, 6.07) is 14.6. The highest BCUT2D eigenvalue weighted by atomic mass is 32.2. The number of benzene rings is 2. The molecule has 0 bridgehead atoms. The second kappa shape index (κ2) is 7.01. The zero-order valence-corrected chi connectivity index (χ0v) is 12.0. The largest absolute Gasteiger partial charge is 0.508 e. The standard InChI is InChI=1S/C16H16O3S/c1-19-16(18)14-7-2-3-8-15(14)20-10-9-12-5-4-6-13(17)11-12/h2-8,11,17H,9-10H2,1H3. The number of phenols is 1. The fourth-order valence-electron chi connectivity index (χ4n) is 1.86. The number of aryl methyl sites for hydroxylation is 1. The first kappa shape index (κ1) is 14.5. The maximum atomic E-state index is 11.6. The lowest BCUT2D eigenvalue weighted by Gasteiger charge is -2.07. The Morgan fingerprint density at radius 1 is 1.20 bits per heavy atom. The number of rotatable bonds is 5. The number of hydrogen-bond acceptors (Lipinski definition) is 4. The number of thioether (sulfide) groups is 1. The molecule has 4 heteroatoms. The molecule has 0 aliphatic rings. The van der Waals surface area contributed by atoms with Crippen LogP contribution in [0.3, 0.4) is 0 Å². The lowest BCUT2D eigenvalue weighted by Crippen LogP contribution is -2.03. The number of carbonyl (C=O) groups is 1. The zero-order chi connectivity index (χ0) is 14.4. The molecule has 0 fully saturated rings. The molecule has 0 saturated heterocycles. The minimum atomic E-state index is -0.314. The number of ether oxygens (including phenoxy) is 1. The van der Waals surface area contributed by atoms with E-state index in [-0.39, 0.29) is 11.7 Å². The molecule has 0 spiro atoms. The third-order valence-corrected chi connectivity index (χ3v) is 3.93. The first-order valence-electron chi connectivity index (χ1n) is 6.29. The Bertz CT molecular complexity index is 596. The minimum Gasteiger partial charge on any atom is -0.508 e. The molecule has 0 atom stereocenters. The summed E-state index contributed by atoms with van der Waals surface area (Å²) in [5, 5.41) is 9.41. The molecular weight excluding hydrogens is 272 g/mol. The molecule has 2 aromatic rings. The van der Waals surface area contributed by atoms with E-state index in [2.05, 4.69) is 0 Å². The Morgan fingerprint density at radius 3 is 2.75 bits per heavy atom. The van der Waals surface area contributed by atoms with Gasteiger partial charge in [-0.1, -0.05) is 24.3 Å². The summed E-state index contributed by atoms with van der Waals surface area (Å²) in [5.74, 6) is 0.796. The summed E-state index contributed by atoms with van der Waals surface area (Å²) >= 11 is 1.61. The highest BCUT2D eigenvalue weighted by Crippen LogP contribution is 2.24. The van der Waals surface area contributed by atoms with Crippen LogP contribution in [-0.4, -0.2) is 23.9 Å². The second-order valence-electron chi connectivity index (χ2n) is 4.26. The quantitative estimate of drug-likeness (QED) is 0.675. The number of phenolic OH excluding ortho intramolecular Hbond substituents is 1. The molecule has 2 aromatic carbocycles. The van der Waals surface area contributed by atoms with Crippen molar-refractivity contribution in [2.75, 3.05) is 12.9 Å². The predicted octanol–water partition coefficient (Wildman–Crippen LogP) is 3.51. The summed E-state index contributed by atoms with van der Waals surface area (Å²) in [5.41, 5.74) is 1.67. The summed E-state index contributed by atoms with van der Waals surface area (Å²) < 4.78 is 4.77. The SMILES string of the molecule is COC(=O)c1ccccc1SCCc1cccc(O)c1. The van der Waals surface area contributed by atoms with E-state index in [0.717, 1.165) is 22.6 Å². The molecule has 0 aliphatic heterocycles. The van der Waals surface area contributed by atoms with Crippen molar-refractivity contribution in [3.8, 4) is 5.75 Å². The first-order chi connectivity index (χ1) is 9.70. The van der Waals surface area contributed by atoms with E-state index in [1.807, 2.05) is 30.3 Å². The number of esters is 1. The first-order valence-corrected chi connectivity index (χ1v) is 7.27. The summed E-state index contributed by atoms with van der Waals surface area (Å²) in [7, 11) is 1.39. The number of aromatic hydroxyl groups is 1. The van der Waals surface area contributed by atoms with Gasteiger partial charge in [0.1, 0.15) is 5.75 Å². The summed E-state index contributed by atoms with van der Waals surface area (Å²) in [6.45, 7) is 0. The van der Waals surface area contributed by atoms with Gasteiger partial charge in [-0.3, -0.25) is 0 Å². The van der Waals surface area contributed by atoms with Crippen molar-refractivity contribution in [3.05, 3.63) is 59.7 Å². The maximum Gasteiger partial charge on any atom is 0.338 e. The van der Waals surface area contributed by atoms with Crippen LogP contribution < -0.4 is 0 Å². The van der Waals surface area contributed by atoms with Crippen LogP contribution in [0.5, 0.6) is 5.75 Å². The molecule has 3 nitrogen and oxygen atoms in total. The lowest BCUT2D eigenvalue weighted by molar-refractivity contribution is 0.0597. The molecule has 0 unspecified atom stereocenters. The molecule has 0 saturated carbocycles. The number of carbonyl (C=O) groups excluding carboxylic acids is 1. The van der Waals surface area contributed by atoms with Gasteiger partial charge in [0.05, 0.1) is 12.7 Å². The second-order valence-corrected chi connectivity index (χ2v) is 5.39. The van der Waals surface area contributed by atoms with Crippen molar-refractivity contribution in [1.29, 1.82) is 0 Å². The number of methoxy groups -OCH3 is 1.